The first kappa shape index (κ1) is 20.2. The minimum absolute atomic E-state index is 0.257. The molecule has 0 fully saturated rings. The van der Waals surface area contributed by atoms with Gasteiger partial charge in [0.05, 0.1) is 6.61 Å². The molecule has 3 nitrogen and oxygen atoms in total. The molecule has 0 rings (SSSR count). The Morgan fingerprint density at radius 3 is 2.33 bits per heavy atom. The van der Waals surface area contributed by atoms with Crippen molar-refractivity contribution in [3.63, 3.8) is 0 Å². The van der Waals surface area contributed by atoms with Crippen molar-refractivity contribution in [2.75, 3.05) is 27.2 Å². The normalized spacial score (nSPS) is 14.0. The van der Waals surface area contributed by atoms with E-state index in [-0.39, 0.29) is 11.4 Å². The fourth-order valence-corrected chi connectivity index (χ4v) is 2.36. The summed E-state index contributed by atoms with van der Waals surface area (Å²) in [6.07, 6.45) is 8.46. The van der Waals surface area contributed by atoms with Crippen LogP contribution in [0.25, 0.3) is 0 Å². The molecule has 21 heavy (non-hydrogen) atoms. The Kier molecular flexibility index (Phi) is 10.4. The van der Waals surface area contributed by atoms with Crippen LogP contribution in [-0.4, -0.2) is 38.1 Å². The van der Waals surface area contributed by atoms with Gasteiger partial charge in [-0.1, -0.05) is 46.1 Å². The molecular formula is C18H35NO2. The molecule has 0 aliphatic rings. The van der Waals surface area contributed by atoms with Crippen molar-refractivity contribution >= 4 is 5.97 Å². The molecule has 1 atom stereocenters. The first-order valence-electron chi connectivity index (χ1n) is 8.28. The Balaban J connectivity index is 4.28. The monoisotopic (exact) mass is 297 g/mol. The average molecular weight is 297 g/mol. The molecule has 0 aromatic carbocycles. The lowest BCUT2D eigenvalue weighted by molar-refractivity contribution is -0.139. The van der Waals surface area contributed by atoms with Gasteiger partial charge in [-0.25, -0.2) is 4.79 Å². The maximum Gasteiger partial charge on any atom is 0.333 e. The van der Waals surface area contributed by atoms with E-state index in [1.165, 1.54) is 32.1 Å². The van der Waals surface area contributed by atoms with E-state index in [2.05, 4.69) is 39.4 Å². The Morgan fingerprint density at radius 2 is 1.81 bits per heavy atom. The number of hydrogen-bond acceptors (Lipinski definition) is 3. The Morgan fingerprint density at radius 1 is 1.14 bits per heavy atom. The van der Waals surface area contributed by atoms with Gasteiger partial charge in [0.1, 0.15) is 0 Å². The second-order valence-electron chi connectivity index (χ2n) is 6.84. The maximum absolute atomic E-state index is 11.5. The second-order valence-corrected chi connectivity index (χ2v) is 6.84. The van der Waals surface area contributed by atoms with Crippen molar-refractivity contribution in [1.29, 1.82) is 0 Å². The standard InChI is InChI=1S/C18H35NO2/c1-7-8-9-10-11-18(4,12-14-19(5)6)13-15-21-17(20)16(2)3/h2,7-15H2,1,3-6H3. The zero-order valence-electron chi connectivity index (χ0n) is 14.8. The summed E-state index contributed by atoms with van der Waals surface area (Å²) >= 11 is 0. The quantitative estimate of drug-likeness (QED) is 0.303. The van der Waals surface area contributed by atoms with Gasteiger partial charge in [-0.15, -0.1) is 0 Å². The zero-order chi connectivity index (χ0) is 16.3. The van der Waals surface area contributed by atoms with Gasteiger partial charge in [0.2, 0.25) is 0 Å². The van der Waals surface area contributed by atoms with Crippen LogP contribution >= 0.6 is 0 Å². The number of nitrogens with zero attached hydrogens (tertiary/aromatic N) is 1. The summed E-state index contributed by atoms with van der Waals surface area (Å²) in [6.45, 7) is 11.5. The van der Waals surface area contributed by atoms with Gasteiger partial charge in [0, 0.05) is 5.57 Å². The molecule has 1 unspecified atom stereocenters. The Labute approximate surface area is 131 Å². The van der Waals surface area contributed by atoms with Gasteiger partial charge in [-0.3, -0.25) is 0 Å². The van der Waals surface area contributed by atoms with E-state index >= 15 is 0 Å². The van der Waals surface area contributed by atoms with Crippen molar-refractivity contribution in [2.24, 2.45) is 5.41 Å². The molecule has 0 spiro atoms. The summed E-state index contributed by atoms with van der Waals surface area (Å²) in [5, 5.41) is 0. The molecule has 0 radical (unpaired) electrons. The highest BCUT2D eigenvalue weighted by Gasteiger charge is 2.24. The fraction of sp³-hybridized carbons (Fsp3) is 0.833. The summed E-state index contributed by atoms with van der Waals surface area (Å²) < 4.78 is 5.28. The molecule has 3 heteroatoms. The van der Waals surface area contributed by atoms with Gasteiger partial charge in [-0.05, 0) is 52.2 Å². The molecule has 0 aromatic rings. The van der Waals surface area contributed by atoms with Gasteiger partial charge in [0.25, 0.3) is 0 Å². The summed E-state index contributed by atoms with van der Waals surface area (Å²) in [5.74, 6) is -0.268. The van der Waals surface area contributed by atoms with Crippen LogP contribution in [0.5, 0.6) is 0 Å². The van der Waals surface area contributed by atoms with Crippen LogP contribution in [0.2, 0.25) is 0 Å². The topological polar surface area (TPSA) is 29.5 Å². The van der Waals surface area contributed by atoms with Crippen molar-refractivity contribution in [1.82, 2.24) is 4.90 Å². The smallest absolute Gasteiger partial charge is 0.333 e. The molecule has 0 aliphatic carbocycles. The van der Waals surface area contributed by atoms with Crippen LogP contribution in [0.3, 0.4) is 0 Å². The average Bonchev–Trinajstić information content (AvgIpc) is 2.41. The molecule has 0 amide bonds. The van der Waals surface area contributed by atoms with Crippen LogP contribution in [-0.2, 0) is 9.53 Å². The Hall–Kier alpha value is -0.830. The molecule has 0 saturated carbocycles. The van der Waals surface area contributed by atoms with E-state index < -0.39 is 0 Å². The number of rotatable bonds is 12. The van der Waals surface area contributed by atoms with Gasteiger partial charge in [0.15, 0.2) is 0 Å². The molecule has 0 aliphatic heterocycles. The highest BCUT2D eigenvalue weighted by Crippen LogP contribution is 2.33. The predicted molar refractivity (Wildman–Crippen MR) is 90.4 cm³/mol. The van der Waals surface area contributed by atoms with Crippen molar-refractivity contribution < 1.29 is 9.53 Å². The van der Waals surface area contributed by atoms with Crippen LogP contribution in [0.15, 0.2) is 12.2 Å². The number of carbonyl (C=O) groups is 1. The van der Waals surface area contributed by atoms with Gasteiger partial charge >= 0.3 is 5.97 Å². The van der Waals surface area contributed by atoms with E-state index in [0.29, 0.717) is 12.2 Å². The lowest BCUT2D eigenvalue weighted by atomic mass is 9.78. The Bertz CT molecular complexity index is 312. The molecular weight excluding hydrogens is 262 g/mol. The van der Waals surface area contributed by atoms with E-state index in [1.54, 1.807) is 6.92 Å². The van der Waals surface area contributed by atoms with E-state index in [4.69, 9.17) is 4.74 Å². The predicted octanol–water partition coefficient (Wildman–Crippen LogP) is 4.42. The third-order valence-corrected chi connectivity index (χ3v) is 4.08. The van der Waals surface area contributed by atoms with Crippen molar-refractivity contribution in [2.45, 2.75) is 65.7 Å². The van der Waals surface area contributed by atoms with Crippen molar-refractivity contribution in [3.8, 4) is 0 Å². The SMILES string of the molecule is C=C(C)C(=O)OCCC(C)(CCCCCC)CCN(C)C. The molecule has 0 bridgehead atoms. The molecule has 0 heterocycles. The van der Waals surface area contributed by atoms with Crippen molar-refractivity contribution in [3.05, 3.63) is 12.2 Å². The summed E-state index contributed by atoms with van der Waals surface area (Å²) in [7, 11) is 4.22. The first-order valence-corrected chi connectivity index (χ1v) is 8.28. The minimum atomic E-state index is -0.268. The number of esters is 1. The number of ether oxygens (including phenoxy) is 1. The van der Waals surface area contributed by atoms with Crippen LogP contribution in [0.1, 0.15) is 65.7 Å². The molecule has 0 N–H and O–H groups in total. The number of hydrogen-bond donors (Lipinski definition) is 0. The summed E-state index contributed by atoms with van der Waals surface area (Å²) in [5.41, 5.74) is 0.737. The summed E-state index contributed by atoms with van der Waals surface area (Å²) in [6, 6.07) is 0. The zero-order valence-corrected chi connectivity index (χ0v) is 14.8. The molecule has 0 saturated heterocycles. The molecule has 124 valence electrons. The lowest BCUT2D eigenvalue weighted by Crippen LogP contribution is -2.26. The van der Waals surface area contributed by atoms with Crippen LogP contribution < -0.4 is 0 Å². The third kappa shape index (κ3) is 10.5. The first-order chi connectivity index (χ1) is 9.80. The number of unbranched alkanes of at least 4 members (excludes halogenated alkanes) is 3. The van der Waals surface area contributed by atoms with Crippen LogP contribution in [0.4, 0.5) is 0 Å². The lowest BCUT2D eigenvalue weighted by Gasteiger charge is -2.31. The minimum Gasteiger partial charge on any atom is -0.462 e. The van der Waals surface area contributed by atoms with Gasteiger partial charge < -0.3 is 9.64 Å². The van der Waals surface area contributed by atoms with Crippen LogP contribution in [0, 0.1) is 5.41 Å². The fourth-order valence-electron chi connectivity index (χ4n) is 2.36. The second kappa shape index (κ2) is 10.8. The highest BCUT2D eigenvalue weighted by molar-refractivity contribution is 5.86. The maximum atomic E-state index is 11.5. The number of carbonyl (C=O) groups excluding carboxylic acids is 1. The largest absolute Gasteiger partial charge is 0.462 e. The van der Waals surface area contributed by atoms with E-state index in [1.807, 2.05) is 0 Å². The molecule has 0 aromatic heterocycles. The van der Waals surface area contributed by atoms with E-state index in [0.717, 1.165) is 19.4 Å². The van der Waals surface area contributed by atoms with Gasteiger partial charge in [-0.2, -0.15) is 0 Å². The summed E-state index contributed by atoms with van der Waals surface area (Å²) in [4.78, 5) is 13.7. The van der Waals surface area contributed by atoms with E-state index in [9.17, 15) is 4.79 Å². The highest BCUT2D eigenvalue weighted by atomic mass is 16.5. The third-order valence-electron chi connectivity index (χ3n) is 4.08.